The van der Waals surface area contributed by atoms with Gasteiger partial charge < -0.3 is 10.5 Å². The predicted molar refractivity (Wildman–Crippen MR) is 89.3 cm³/mol. The van der Waals surface area contributed by atoms with Crippen LogP contribution in [0.5, 0.6) is 5.75 Å². The van der Waals surface area contributed by atoms with E-state index < -0.39 is 0 Å². The van der Waals surface area contributed by atoms with Crippen LogP contribution in [0.25, 0.3) is 0 Å². The van der Waals surface area contributed by atoms with E-state index in [1.54, 1.807) is 6.07 Å². The summed E-state index contributed by atoms with van der Waals surface area (Å²) in [5.41, 5.74) is 8.31. The number of nitrogens with two attached hydrogens (primary N) is 1. The maximum atomic E-state index is 6.28. The van der Waals surface area contributed by atoms with E-state index in [1.165, 1.54) is 0 Å². The van der Waals surface area contributed by atoms with Crippen LogP contribution >= 0.6 is 23.2 Å². The zero-order valence-electron chi connectivity index (χ0n) is 12.0. The van der Waals surface area contributed by atoms with Crippen molar-refractivity contribution in [2.24, 2.45) is 5.73 Å². The molecule has 0 spiro atoms. The lowest BCUT2D eigenvalue weighted by Gasteiger charge is -2.15. The summed E-state index contributed by atoms with van der Waals surface area (Å²) in [5, 5.41) is 1.28. The minimum absolute atomic E-state index is 0.131. The minimum Gasteiger partial charge on any atom is -0.494 e. The molecule has 0 aliphatic heterocycles. The van der Waals surface area contributed by atoms with Crippen LogP contribution in [0.2, 0.25) is 10.0 Å². The maximum Gasteiger partial charge on any atom is 0.119 e. The van der Waals surface area contributed by atoms with Crippen molar-refractivity contribution in [2.45, 2.75) is 25.8 Å². The zero-order valence-corrected chi connectivity index (χ0v) is 13.5. The van der Waals surface area contributed by atoms with Crippen molar-refractivity contribution in [3.8, 4) is 5.75 Å². The molecule has 0 bridgehead atoms. The monoisotopic (exact) mass is 323 g/mol. The van der Waals surface area contributed by atoms with Crippen LogP contribution in [0.1, 0.15) is 30.5 Å². The summed E-state index contributed by atoms with van der Waals surface area (Å²) in [6, 6.07) is 13.3. The molecule has 1 atom stereocenters. The lowest BCUT2D eigenvalue weighted by atomic mass is 9.99. The Morgan fingerprint density at radius 3 is 2.67 bits per heavy atom. The van der Waals surface area contributed by atoms with Crippen molar-refractivity contribution < 1.29 is 4.74 Å². The molecular formula is C17H19Cl2NO. The standard InChI is InChI=1S/C17H19Cl2NO/c1-2-8-21-15-5-3-4-13(9-15)17(20)10-12-6-7-14(18)11-16(12)19/h3-7,9,11,17H,2,8,10,20H2,1H3. The first-order chi connectivity index (χ1) is 10.1. The number of benzene rings is 2. The topological polar surface area (TPSA) is 35.2 Å². The summed E-state index contributed by atoms with van der Waals surface area (Å²) in [6.45, 7) is 2.79. The van der Waals surface area contributed by atoms with E-state index >= 15 is 0 Å². The van der Waals surface area contributed by atoms with E-state index in [4.69, 9.17) is 33.7 Å². The smallest absolute Gasteiger partial charge is 0.119 e. The fourth-order valence-electron chi connectivity index (χ4n) is 2.10. The van der Waals surface area contributed by atoms with Crippen LogP contribution < -0.4 is 10.5 Å². The Bertz CT molecular complexity index is 601. The molecule has 1 unspecified atom stereocenters. The molecule has 0 heterocycles. The summed E-state index contributed by atoms with van der Waals surface area (Å²) in [7, 11) is 0. The largest absolute Gasteiger partial charge is 0.494 e. The van der Waals surface area contributed by atoms with Gasteiger partial charge in [-0.05, 0) is 48.2 Å². The summed E-state index contributed by atoms with van der Waals surface area (Å²) in [6.07, 6.45) is 1.64. The first-order valence-electron chi connectivity index (χ1n) is 7.02. The zero-order chi connectivity index (χ0) is 15.2. The van der Waals surface area contributed by atoms with Gasteiger partial charge in [0.2, 0.25) is 0 Å². The second-order valence-electron chi connectivity index (χ2n) is 4.97. The molecule has 0 aliphatic rings. The van der Waals surface area contributed by atoms with Crippen LogP contribution in [-0.4, -0.2) is 6.61 Å². The van der Waals surface area contributed by atoms with Gasteiger partial charge in [0.25, 0.3) is 0 Å². The summed E-state index contributed by atoms with van der Waals surface area (Å²) in [4.78, 5) is 0. The second kappa shape index (κ2) is 7.69. The van der Waals surface area contributed by atoms with Crippen LogP contribution in [0, 0.1) is 0 Å². The Kier molecular flexibility index (Phi) is 5.92. The van der Waals surface area contributed by atoms with Crippen molar-refractivity contribution >= 4 is 23.2 Å². The molecule has 0 aromatic heterocycles. The first kappa shape index (κ1) is 16.2. The van der Waals surface area contributed by atoms with Gasteiger partial charge in [0.05, 0.1) is 6.61 Å². The van der Waals surface area contributed by atoms with E-state index in [0.717, 1.165) is 23.3 Å². The Hall–Kier alpha value is -1.22. The predicted octanol–water partition coefficient (Wildman–Crippen LogP) is 5.02. The van der Waals surface area contributed by atoms with Crippen molar-refractivity contribution in [1.29, 1.82) is 0 Å². The van der Waals surface area contributed by atoms with Crippen molar-refractivity contribution in [3.63, 3.8) is 0 Å². The van der Waals surface area contributed by atoms with Gasteiger partial charge >= 0.3 is 0 Å². The van der Waals surface area contributed by atoms with E-state index in [9.17, 15) is 0 Å². The number of ether oxygens (including phenoxy) is 1. The number of halogens is 2. The Morgan fingerprint density at radius 1 is 1.14 bits per heavy atom. The first-order valence-corrected chi connectivity index (χ1v) is 7.78. The molecule has 2 aromatic rings. The molecule has 21 heavy (non-hydrogen) atoms. The third-order valence-electron chi connectivity index (χ3n) is 3.21. The highest BCUT2D eigenvalue weighted by atomic mass is 35.5. The second-order valence-corrected chi connectivity index (χ2v) is 5.81. The fourth-order valence-corrected chi connectivity index (χ4v) is 2.58. The summed E-state index contributed by atoms with van der Waals surface area (Å²) < 4.78 is 5.64. The average molecular weight is 324 g/mol. The van der Waals surface area contributed by atoms with Crippen molar-refractivity contribution in [2.75, 3.05) is 6.61 Å². The van der Waals surface area contributed by atoms with E-state index in [-0.39, 0.29) is 6.04 Å². The average Bonchev–Trinajstić information content (AvgIpc) is 2.48. The molecule has 0 aliphatic carbocycles. The van der Waals surface area contributed by atoms with Gasteiger partial charge in [-0.3, -0.25) is 0 Å². The Morgan fingerprint density at radius 2 is 1.95 bits per heavy atom. The molecular weight excluding hydrogens is 305 g/mol. The van der Waals surface area contributed by atoms with Crippen molar-refractivity contribution in [1.82, 2.24) is 0 Å². The van der Waals surface area contributed by atoms with Crippen LogP contribution in [-0.2, 0) is 6.42 Å². The summed E-state index contributed by atoms with van der Waals surface area (Å²) in [5.74, 6) is 0.854. The Labute approximate surface area is 135 Å². The minimum atomic E-state index is -0.131. The van der Waals surface area contributed by atoms with Crippen LogP contribution in [0.3, 0.4) is 0 Å². The van der Waals surface area contributed by atoms with Gasteiger partial charge in [-0.15, -0.1) is 0 Å². The third kappa shape index (κ3) is 4.63. The van der Waals surface area contributed by atoms with Crippen molar-refractivity contribution in [3.05, 3.63) is 63.6 Å². The molecule has 0 radical (unpaired) electrons. The molecule has 2 N–H and O–H groups in total. The number of hydrogen-bond donors (Lipinski definition) is 1. The fraction of sp³-hybridized carbons (Fsp3) is 0.294. The molecule has 112 valence electrons. The molecule has 0 fully saturated rings. The maximum absolute atomic E-state index is 6.28. The van der Waals surface area contributed by atoms with Gasteiger partial charge in [-0.1, -0.05) is 48.3 Å². The third-order valence-corrected chi connectivity index (χ3v) is 3.80. The van der Waals surface area contributed by atoms with E-state index in [1.807, 2.05) is 36.4 Å². The van der Waals surface area contributed by atoms with Gasteiger partial charge in [0.1, 0.15) is 5.75 Å². The van der Waals surface area contributed by atoms with E-state index in [2.05, 4.69) is 6.92 Å². The number of hydrogen-bond acceptors (Lipinski definition) is 2. The molecule has 2 nitrogen and oxygen atoms in total. The lowest BCUT2D eigenvalue weighted by Crippen LogP contribution is -2.13. The van der Waals surface area contributed by atoms with Gasteiger partial charge in [-0.25, -0.2) is 0 Å². The quantitative estimate of drug-likeness (QED) is 0.809. The molecule has 2 aromatic carbocycles. The molecule has 0 saturated heterocycles. The van der Waals surface area contributed by atoms with Crippen LogP contribution in [0.15, 0.2) is 42.5 Å². The van der Waals surface area contributed by atoms with Gasteiger partial charge in [0.15, 0.2) is 0 Å². The van der Waals surface area contributed by atoms with Gasteiger partial charge in [0, 0.05) is 16.1 Å². The van der Waals surface area contributed by atoms with E-state index in [0.29, 0.717) is 23.1 Å². The highest BCUT2D eigenvalue weighted by Crippen LogP contribution is 2.26. The molecule has 0 amide bonds. The van der Waals surface area contributed by atoms with Crippen LogP contribution in [0.4, 0.5) is 0 Å². The molecule has 2 rings (SSSR count). The molecule has 0 saturated carbocycles. The summed E-state index contributed by atoms with van der Waals surface area (Å²) >= 11 is 12.1. The highest BCUT2D eigenvalue weighted by molar-refractivity contribution is 6.35. The highest BCUT2D eigenvalue weighted by Gasteiger charge is 2.11. The Balaban J connectivity index is 2.10. The number of rotatable bonds is 6. The lowest BCUT2D eigenvalue weighted by molar-refractivity contribution is 0.317. The SMILES string of the molecule is CCCOc1cccc(C(N)Cc2ccc(Cl)cc2Cl)c1. The van der Waals surface area contributed by atoms with Gasteiger partial charge in [-0.2, -0.15) is 0 Å². The normalized spacial score (nSPS) is 12.2. The molecule has 4 heteroatoms.